The third kappa shape index (κ3) is 8.01. The number of hydrogen-bond donors (Lipinski definition) is 9. The predicted octanol–water partition coefficient (Wildman–Crippen LogP) is -2.23. The highest BCUT2D eigenvalue weighted by Crippen LogP contribution is 2.68. The molecular weight excluding hydrogens is 849 g/mol. The van der Waals surface area contributed by atoms with Crippen LogP contribution in [0.4, 0.5) is 11.9 Å². The second-order valence-corrected chi connectivity index (χ2v) is 17.9. The summed E-state index contributed by atoms with van der Waals surface area (Å²) in [6.07, 6.45) is -9.43. The zero-order valence-corrected chi connectivity index (χ0v) is 32.4. The number of hydrogen-bond acceptors (Lipinski definition) is 21. The number of aliphatic hydroxyl groups is 2. The quantitative estimate of drug-likeness (QED) is 0.0478. The van der Waals surface area contributed by atoms with Gasteiger partial charge in [-0.25, -0.2) is 28.0 Å². The molecule has 4 aromatic heterocycles. The third-order valence-electron chi connectivity index (χ3n) is 8.80. The number of allylic oxidation sites excluding steroid dienone is 1. The number of aromatic nitrogens is 8. The molecule has 3 saturated heterocycles. The van der Waals surface area contributed by atoms with E-state index in [-0.39, 0.29) is 40.8 Å². The fourth-order valence-electron chi connectivity index (χ4n) is 6.61. The fraction of sp³-hybridized carbons (Fsp3) is 0.538. The van der Waals surface area contributed by atoms with E-state index >= 15 is 0 Å². The molecule has 0 saturated carbocycles. The molecule has 29 nitrogen and oxygen atoms in total. The van der Waals surface area contributed by atoms with Crippen molar-refractivity contribution in [3.05, 3.63) is 50.2 Å². The van der Waals surface area contributed by atoms with Crippen molar-refractivity contribution in [3.8, 4) is 0 Å². The van der Waals surface area contributed by atoms with Crippen LogP contribution in [0.3, 0.4) is 0 Å². The average Bonchev–Trinajstić information content (AvgIpc) is 3.86. The smallest absolute Gasteiger partial charge is 0.387 e. The summed E-state index contributed by atoms with van der Waals surface area (Å²) < 4.78 is 82.3. The van der Waals surface area contributed by atoms with Crippen molar-refractivity contribution in [1.29, 1.82) is 0 Å². The van der Waals surface area contributed by atoms with Gasteiger partial charge in [0.2, 0.25) is 11.9 Å². The molecule has 0 aromatic carbocycles. The number of rotatable bonds is 14. The Hall–Kier alpha value is -3.99. The number of fused-ring (bicyclic) bond motifs is 3. The summed E-state index contributed by atoms with van der Waals surface area (Å²) in [5.41, 5.74) is 8.28. The van der Waals surface area contributed by atoms with Crippen molar-refractivity contribution in [2.75, 3.05) is 24.7 Å². The normalized spacial score (nSPS) is 30.0. The molecule has 11 atom stereocenters. The Bertz CT molecular complexity index is 2610. The molecule has 0 bridgehead atoms. The Balaban J connectivity index is 1.00. The first-order chi connectivity index (χ1) is 27.0. The van der Waals surface area contributed by atoms with E-state index in [1.165, 1.54) is 19.9 Å². The molecule has 0 aliphatic carbocycles. The van der Waals surface area contributed by atoms with Gasteiger partial charge in [-0.15, -0.1) is 6.58 Å². The Labute approximate surface area is 321 Å². The van der Waals surface area contributed by atoms with E-state index in [2.05, 4.69) is 44.6 Å². The molecule has 3 aliphatic rings. The topological polar surface area (TPSA) is 414 Å². The molecule has 7 heterocycles. The highest BCUT2D eigenvalue weighted by molar-refractivity contribution is 7.66. The minimum Gasteiger partial charge on any atom is -0.387 e. The largest absolute Gasteiger partial charge is 0.490 e. The second kappa shape index (κ2) is 14.9. The maximum Gasteiger partial charge on any atom is 0.490 e. The monoisotopic (exact) mass is 884 g/mol. The molecule has 318 valence electrons. The maximum atomic E-state index is 13.6. The van der Waals surface area contributed by atoms with Crippen LogP contribution in [0.1, 0.15) is 26.3 Å². The number of nitrogens with two attached hydrogens (primary N) is 2. The van der Waals surface area contributed by atoms with Crippen molar-refractivity contribution < 1.29 is 75.2 Å². The Morgan fingerprint density at radius 2 is 1.43 bits per heavy atom. The molecular formula is C26H35N10O19P3. The average molecular weight is 885 g/mol. The molecule has 3 aliphatic heterocycles. The number of aromatic amines is 2. The minimum atomic E-state index is -6.02. The van der Waals surface area contributed by atoms with Crippen LogP contribution in [0.2, 0.25) is 0 Å². The van der Waals surface area contributed by atoms with E-state index < -0.39 is 108 Å². The van der Waals surface area contributed by atoms with E-state index in [0.717, 1.165) is 20.0 Å². The van der Waals surface area contributed by atoms with Crippen molar-refractivity contribution >= 4 is 57.7 Å². The van der Waals surface area contributed by atoms with E-state index in [9.17, 15) is 53.0 Å². The number of nitrogens with zero attached hydrogens (tertiary/aromatic N) is 6. The van der Waals surface area contributed by atoms with Gasteiger partial charge in [0, 0.05) is 6.54 Å². The third-order valence-corrected chi connectivity index (χ3v) is 13.1. The van der Waals surface area contributed by atoms with Gasteiger partial charge in [-0.2, -0.15) is 18.6 Å². The SMILES string of the molecule is C=CCn1c(=O)n([C@@H]2O[C@H](COP(=O)(O)OP(=O)(O)OP(=O)(O)OC[C@H]3O[C@@H](n4cnc5c(=O)[nH]c(N)nc54)[C@H](O)[C@@H]3O)[C@H]3OC(C)(C)O[C@@H]32)c2nc(N)[nH]c(=O)c21. The van der Waals surface area contributed by atoms with Crippen molar-refractivity contribution in [3.63, 3.8) is 0 Å². The van der Waals surface area contributed by atoms with E-state index in [1.54, 1.807) is 0 Å². The Kier molecular flexibility index (Phi) is 10.8. The number of phosphoric acid groups is 3. The lowest BCUT2D eigenvalue weighted by Gasteiger charge is -2.25. The summed E-state index contributed by atoms with van der Waals surface area (Å²) >= 11 is 0. The zero-order chi connectivity index (χ0) is 42.3. The summed E-state index contributed by atoms with van der Waals surface area (Å²) in [7, 11) is -17.4. The summed E-state index contributed by atoms with van der Waals surface area (Å²) in [4.78, 5) is 85.6. The van der Waals surface area contributed by atoms with Gasteiger partial charge in [0.05, 0.1) is 19.5 Å². The van der Waals surface area contributed by atoms with Gasteiger partial charge in [-0.05, 0) is 13.8 Å². The minimum absolute atomic E-state index is 0.129. The lowest BCUT2D eigenvalue weighted by Crippen LogP contribution is -2.34. The molecule has 4 aromatic rings. The van der Waals surface area contributed by atoms with Crippen LogP contribution < -0.4 is 28.3 Å². The van der Waals surface area contributed by atoms with Crippen molar-refractivity contribution in [1.82, 2.24) is 38.6 Å². The van der Waals surface area contributed by atoms with E-state index in [0.29, 0.717) is 0 Å². The zero-order valence-electron chi connectivity index (χ0n) is 29.7. The Morgan fingerprint density at radius 3 is 2.07 bits per heavy atom. The first kappa shape index (κ1) is 42.1. The van der Waals surface area contributed by atoms with Gasteiger partial charge in [-0.1, -0.05) is 6.08 Å². The highest BCUT2D eigenvalue weighted by atomic mass is 31.3. The van der Waals surface area contributed by atoms with Crippen LogP contribution in [0.15, 0.2) is 33.4 Å². The summed E-state index contributed by atoms with van der Waals surface area (Å²) in [5, 5.41) is 21.1. The first-order valence-electron chi connectivity index (χ1n) is 16.6. The number of phosphoric ester groups is 2. The highest BCUT2D eigenvalue weighted by Gasteiger charge is 2.57. The molecule has 3 fully saturated rings. The molecule has 0 radical (unpaired) electrons. The van der Waals surface area contributed by atoms with Crippen molar-refractivity contribution in [2.24, 2.45) is 0 Å². The van der Waals surface area contributed by atoms with Crippen LogP contribution in [0.25, 0.3) is 22.3 Å². The van der Waals surface area contributed by atoms with E-state index in [4.69, 9.17) is 34.9 Å². The second-order valence-electron chi connectivity index (χ2n) is 13.3. The van der Waals surface area contributed by atoms with Crippen LogP contribution in [0, 0.1) is 0 Å². The number of ether oxygens (including phenoxy) is 4. The van der Waals surface area contributed by atoms with Gasteiger partial charge >= 0.3 is 29.2 Å². The number of imidazole rings is 2. The van der Waals surface area contributed by atoms with Crippen molar-refractivity contribution in [2.45, 2.75) is 75.3 Å². The summed E-state index contributed by atoms with van der Waals surface area (Å²) in [6.45, 7) is 4.43. The molecule has 11 N–H and O–H groups in total. The van der Waals surface area contributed by atoms with E-state index in [1.807, 2.05) is 0 Å². The number of nitrogen functional groups attached to an aromatic ring is 2. The van der Waals surface area contributed by atoms with Gasteiger partial charge in [0.25, 0.3) is 11.1 Å². The molecule has 7 rings (SSSR count). The number of aliphatic hydroxyl groups excluding tert-OH is 2. The number of H-pyrrole nitrogens is 2. The lowest BCUT2D eigenvalue weighted by molar-refractivity contribution is -0.199. The molecule has 3 unspecified atom stereocenters. The van der Waals surface area contributed by atoms with Crippen LogP contribution in [-0.2, 0) is 56.9 Å². The number of anilines is 2. The molecule has 0 amide bonds. The fourth-order valence-corrected chi connectivity index (χ4v) is 10.1. The standard InChI is InChI=1S/C26H35N10O19P3/c1-4-5-34-12-18(31-24(28)33-20(12)40)36(25(34)41)22-16-15(52-26(2,3)53-16)10(51-22)7-49-57(44,45)55-58(46,47)54-56(42,43)48-6-9-13(37)14(38)21(50-9)35-8-29-11-17(35)30-23(27)32-19(11)39/h4,8-10,13-16,21-22,37-38H,1,5-7H2,2-3H3,(H,42,43)(H,44,45)(H,46,47)(H3,27,30,32,39)(H3,28,31,33,40)/t9-,10-,13-,14-,15-,16+,21-,22-/m1/s1. The maximum absolute atomic E-state index is 13.6. The molecule has 0 spiro atoms. The summed E-state index contributed by atoms with van der Waals surface area (Å²) in [6, 6.07) is 0. The Morgan fingerprint density at radius 1 is 0.862 bits per heavy atom. The lowest BCUT2D eigenvalue weighted by atomic mass is 10.1. The summed E-state index contributed by atoms with van der Waals surface area (Å²) in [5.74, 6) is -1.97. The van der Waals surface area contributed by atoms with Crippen LogP contribution in [-0.4, -0.2) is 119 Å². The molecule has 32 heteroatoms. The van der Waals surface area contributed by atoms with Gasteiger partial charge < -0.3 is 55.3 Å². The predicted molar refractivity (Wildman–Crippen MR) is 189 cm³/mol. The van der Waals surface area contributed by atoms with Gasteiger partial charge in [0.1, 0.15) is 36.6 Å². The molecule has 58 heavy (non-hydrogen) atoms. The van der Waals surface area contributed by atoms with Gasteiger partial charge in [0.15, 0.2) is 40.6 Å². The van der Waals surface area contributed by atoms with Crippen LogP contribution in [0.5, 0.6) is 0 Å². The van der Waals surface area contributed by atoms with Gasteiger partial charge in [-0.3, -0.25) is 37.7 Å². The van der Waals surface area contributed by atoms with Crippen LogP contribution >= 0.6 is 23.5 Å². The number of nitrogens with one attached hydrogen (secondary N) is 2. The first-order valence-corrected chi connectivity index (χ1v) is 21.1.